The van der Waals surface area contributed by atoms with E-state index in [9.17, 15) is 13.7 Å². The SMILES string of the molecule is CCS(=O)(=O)CCC1(C#N)CCCCCCC1. The Hall–Kier alpha value is -0.560. The summed E-state index contributed by atoms with van der Waals surface area (Å²) in [6.45, 7) is 1.67. The Balaban J connectivity index is 2.63. The normalized spacial score (nSPS) is 21.2. The summed E-state index contributed by atoms with van der Waals surface area (Å²) in [6, 6.07) is 2.42. The molecule has 98 valence electrons. The molecule has 0 atom stereocenters. The zero-order chi connectivity index (χ0) is 12.8. The van der Waals surface area contributed by atoms with E-state index in [2.05, 4.69) is 6.07 Å². The fourth-order valence-electron chi connectivity index (χ4n) is 2.50. The van der Waals surface area contributed by atoms with Crippen LogP contribution in [0, 0.1) is 16.7 Å². The third-order valence-corrected chi connectivity index (χ3v) is 5.59. The Morgan fingerprint density at radius 3 is 2.12 bits per heavy atom. The molecule has 1 saturated carbocycles. The summed E-state index contributed by atoms with van der Waals surface area (Å²) in [5.41, 5.74) is -0.372. The van der Waals surface area contributed by atoms with E-state index in [0.717, 1.165) is 25.7 Å². The third kappa shape index (κ3) is 4.67. The van der Waals surface area contributed by atoms with E-state index in [1.807, 2.05) is 0 Å². The minimum absolute atomic E-state index is 0.178. The Bertz CT molecular complexity index is 359. The summed E-state index contributed by atoms with van der Waals surface area (Å²) in [5, 5.41) is 9.38. The van der Waals surface area contributed by atoms with Gasteiger partial charge in [-0.15, -0.1) is 0 Å². The molecule has 1 aliphatic rings. The van der Waals surface area contributed by atoms with Gasteiger partial charge >= 0.3 is 0 Å². The molecule has 3 nitrogen and oxygen atoms in total. The number of rotatable bonds is 4. The van der Waals surface area contributed by atoms with Crippen LogP contribution >= 0.6 is 0 Å². The molecule has 1 fully saturated rings. The van der Waals surface area contributed by atoms with E-state index in [1.54, 1.807) is 6.92 Å². The van der Waals surface area contributed by atoms with Crippen molar-refractivity contribution in [2.75, 3.05) is 11.5 Å². The molecule has 0 bridgehead atoms. The van der Waals surface area contributed by atoms with Gasteiger partial charge in [-0.1, -0.05) is 39.0 Å². The molecule has 0 aromatic heterocycles. The molecule has 0 aromatic rings. The topological polar surface area (TPSA) is 57.9 Å². The zero-order valence-corrected chi connectivity index (χ0v) is 11.6. The monoisotopic (exact) mass is 257 g/mol. The first kappa shape index (κ1) is 14.5. The van der Waals surface area contributed by atoms with Crippen molar-refractivity contribution < 1.29 is 8.42 Å². The maximum absolute atomic E-state index is 11.5. The Kier molecular flexibility index (Phi) is 5.45. The molecule has 0 aliphatic heterocycles. The lowest BCUT2D eigenvalue weighted by Gasteiger charge is -2.28. The Labute approximate surface area is 105 Å². The van der Waals surface area contributed by atoms with Crippen LogP contribution in [0.2, 0.25) is 0 Å². The van der Waals surface area contributed by atoms with Crippen molar-refractivity contribution in [2.24, 2.45) is 5.41 Å². The first-order chi connectivity index (χ1) is 8.04. The quantitative estimate of drug-likeness (QED) is 0.777. The number of hydrogen-bond donors (Lipinski definition) is 0. The van der Waals surface area contributed by atoms with Gasteiger partial charge in [-0.3, -0.25) is 0 Å². The van der Waals surface area contributed by atoms with Crippen molar-refractivity contribution in [1.29, 1.82) is 5.26 Å². The van der Waals surface area contributed by atoms with Gasteiger partial charge in [-0.05, 0) is 19.3 Å². The van der Waals surface area contributed by atoms with E-state index in [0.29, 0.717) is 6.42 Å². The van der Waals surface area contributed by atoms with Gasteiger partial charge in [0.05, 0.1) is 17.2 Å². The highest BCUT2D eigenvalue weighted by Gasteiger charge is 2.31. The summed E-state index contributed by atoms with van der Waals surface area (Å²) in [7, 11) is -2.94. The number of nitrogens with zero attached hydrogens (tertiary/aromatic N) is 1. The van der Waals surface area contributed by atoms with Crippen LogP contribution in [0.1, 0.15) is 58.3 Å². The molecular formula is C13H23NO2S. The number of hydrogen-bond acceptors (Lipinski definition) is 3. The Morgan fingerprint density at radius 2 is 1.65 bits per heavy atom. The van der Waals surface area contributed by atoms with Crippen molar-refractivity contribution in [3.05, 3.63) is 0 Å². The average molecular weight is 257 g/mol. The molecule has 0 aromatic carbocycles. The highest BCUT2D eigenvalue weighted by Crippen LogP contribution is 2.37. The highest BCUT2D eigenvalue weighted by atomic mass is 32.2. The van der Waals surface area contributed by atoms with Crippen LogP contribution in [0.25, 0.3) is 0 Å². The summed E-state index contributed by atoms with van der Waals surface area (Å²) in [4.78, 5) is 0. The van der Waals surface area contributed by atoms with Gasteiger partial charge in [0.1, 0.15) is 9.84 Å². The first-order valence-electron chi connectivity index (χ1n) is 6.65. The van der Waals surface area contributed by atoms with E-state index >= 15 is 0 Å². The van der Waals surface area contributed by atoms with Crippen LogP contribution in [-0.2, 0) is 9.84 Å². The summed E-state index contributed by atoms with van der Waals surface area (Å²) in [6.07, 6.45) is 8.05. The maximum atomic E-state index is 11.5. The lowest BCUT2D eigenvalue weighted by molar-refractivity contribution is 0.280. The predicted molar refractivity (Wildman–Crippen MR) is 69.3 cm³/mol. The van der Waals surface area contributed by atoms with Gasteiger partial charge in [0, 0.05) is 5.75 Å². The molecule has 17 heavy (non-hydrogen) atoms. The van der Waals surface area contributed by atoms with Crippen LogP contribution in [0.5, 0.6) is 0 Å². The molecule has 1 aliphatic carbocycles. The maximum Gasteiger partial charge on any atom is 0.150 e. The lowest BCUT2D eigenvalue weighted by Crippen LogP contribution is -2.24. The second-order valence-corrected chi connectivity index (χ2v) is 7.62. The Morgan fingerprint density at radius 1 is 1.12 bits per heavy atom. The second kappa shape index (κ2) is 6.39. The lowest BCUT2D eigenvalue weighted by atomic mass is 9.75. The summed E-state index contributed by atoms with van der Waals surface area (Å²) < 4.78 is 23.1. The molecule has 1 rings (SSSR count). The zero-order valence-electron chi connectivity index (χ0n) is 10.7. The molecule has 0 heterocycles. The van der Waals surface area contributed by atoms with Gasteiger partial charge in [-0.2, -0.15) is 5.26 Å². The van der Waals surface area contributed by atoms with Crippen molar-refractivity contribution >= 4 is 9.84 Å². The first-order valence-corrected chi connectivity index (χ1v) is 8.47. The highest BCUT2D eigenvalue weighted by molar-refractivity contribution is 7.91. The molecule has 0 amide bonds. The van der Waals surface area contributed by atoms with Gasteiger partial charge < -0.3 is 0 Å². The van der Waals surface area contributed by atoms with Gasteiger partial charge in [0.2, 0.25) is 0 Å². The van der Waals surface area contributed by atoms with Crippen LogP contribution < -0.4 is 0 Å². The third-order valence-electron chi connectivity index (χ3n) is 3.88. The van der Waals surface area contributed by atoms with Crippen LogP contribution in [-0.4, -0.2) is 19.9 Å². The predicted octanol–water partition coefficient (Wildman–Crippen LogP) is 3.07. The van der Waals surface area contributed by atoms with E-state index < -0.39 is 9.84 Å². The number of nitriles is 1. The van der Waals surface area contributed by atoms with Gasteiger partial charge in [-0.25, -0.2) is 8.42 Å². The molecule has 0 spiro atoms. The van der Waals surface area contributed by atoms with Crippen molar-refractivity contribution in [1.82, 2.24) is 0 Å². The fraction of sp³-hybridized carbons (Fsp3) is 0.923. The molecule has 0 saturated heterocycles. The van der Waals surface area contributed by atoms with E-state index in [1.165, 1.54) is 19.3 Å². The minimum atomic E-state index is -2.94. The standard InChI is InChI=1S/C13H23NO2S/c1-2-17(15,16)11-10-13(12-14)8-6-4-3-5-7-9-13/h2-11H2,1H3. The smallest absolute Gasteiger partial charge is 0.150 e. The molecule has 4 heteroatoms. The fourth-order valence-corrected chi connectivity index (χ4v) is 3.49. The minimum Gasteiger partial charge on any atom is -0.229 e. The molecule has 0 N–H and O–H groups in total. The summed E-state index contributed by atoms with van der Waals surface area (Å²) >= 11 is 0. The van der Waals surface area contributed by atoms with Crippen molar-refractivity contribution in [2.45, 2.75) is 58.3 Å². The second-order valence-electron chi connectivity index (χ2n) is 5.15. The van der Waals surface area contributed by atoms with Crippen LogP contribution in [0.4, 0.5) is 0 Å². The van der Waals surface area contributed by atoms with Crippen LogP contribution in [0.15, 0.2) is 0 Å². The summed E-state index contributed by atoms with van der Waals surface area (Å²) in [5.74, 6) is 0.367. The van der Waals surface area contributed by atoms with E-state index in [-0.39, 0.29) is 16.9 Å². The average Bonchev–Trinajstić information content (AvgIpc) is 2.29. The molecule has 0 unspecified atom stereocenters. The van der Waals surface area contributed by atoms with Gasteiger partial charge in [0.15, 0.2) is 0 Å². The van der Waals surface area contributed by atoms with Crippen LogP contribution in [0.3, 0.4) is 0 Å². The molecular weight excluding hydrogens is 234 g/mol. The number of sulfone groups is 1. The van der Waals surface area contributed by atoms with Crippen molar-refractivity contribution in [3.63, 3.8) is 0 Å². The van der Waals surface area contributed by atoms with Gasteiger partial charge in [0.25, 0.3) is 0 Å². The molecule has 0 radical (unpaired) electrons. The van der Waals surface area contributed by atoms with Crippen molar-refractivity contribution in [3.8, 4) is 6.07 Å². The largest absolute Gasteiger partial charge is 0.229 e. The van der Waals surface area contributed by atoms with E-state index in [4.69, 9.17) is 0 Å².